The van der Waals surface area contributed by atoms with Crippen molar-refractivity contribution in [2.75, 3.05) is 25.1 Å². The second-order valence-electron chi connectivity index (χ2n) is 5.38. The minimum atomic E-state index is -0.242. The topological polar surface area (TPSA) is 54.3 Å². The molecule has 1 aromatic carbocycles. The molecular formula is C15H20N2O2. The molecule has 0 bridgehead atoms. The summed E-state index contributed by atoms with van der Waals surface area (Å²) in [7, 11) is 0. The van der Waals surface area contributed by atoms with E-state index < -0.39 is 0 Å². The Hall–Kier alpha value is -1.89. The van der Waals surface area contributed by atoms with Gasteiger partial charge in [-0.3, -0.25) is 0 Å². The summed E-state index contributed by atoms with van der Waals surface area (Å²) < 4.78 is 11.0. The van der Waals surface area contributed by atoms with Crippen LogP contribution in [0.3, 0.4) is 0 Å². The van der Waals surface area contributed by atoms with Crippen LogP contribution in [0.4, 0.5) is 5.69 Å². The van der Waals surface area contributed by atoms with E-state index in [0.29, 0.717) is 13.2 Å². The van der Waals surface area contributed by atoms with Gasteiger partial charge in [0.05, 0.1) is 11.5 Å². The smallest absolute Gasteiger partial charge is 0.163 e. The van der Waals surface area contributed by atoms with E-state index in [2.05, 4.69) is 11.4 Å². The molecule has 4 heteroatoms. The van der Waals surface area contributed by atoms with Gasteiger partial charge >= 0.3 is 0 Å². The van der Waals surface area contributed by atoms with Gasteiger partial charge in [-0.05, 0) is 38.8 Å². The zero-order chi connectivity index (χ0) is 13.7. The molecule has 19 heavy (non-hydrogen) atoms. The van der Waals surface area contributed by atoms with Crippen LogP contribution in [0, 0.1) is 16.7 Å². The second-order valence-corrected chi connectivity index (χ2v) is 5.38. The lowest BCUT2D eigenvalue weighted by atomic mass is 9.90. The van der Waals surface area contributed by atoms with Crippen LogP contribution in [-0.2, 0) is 0 Å². The van der Waals surface area contributed by atoms with Crippen molar-refractivity contribution in [1.82, 2.24) is 0 Å². The van der Waals surface area contributed by atoms with Crippen molar-refractivity contribution in [2.24, 2.45) is 5.41 Å². The Morgan fingerprint density at radius 3 is 2.74 bits per heavy atom. The number of fused-ring (bicyclic) bond motifs is 1. The van der Waals surface area contributed by atoms with Crippen molar-refractivity contribution in [3.63, 3.8) is 0 Å². The van der Waals surface area contributed by atoms with Crippen LogP contribution in [0.25, 0.3) is 0 Å². The van der Waals surface area contributed by atoms with Gasteiger partial charge in [0.2, 0.25) is 0 Å². The molecule has 0 unspecified atom stereocenters. The van der Waals surface area contributed by atoms with Gasteiger partial charge in [-0.1, -0.05) is 0 Å². The highest BCUT2D eigenvalue weighted by Crippen LogP contribution is 2.32. The monoisotopic (exact) mass is 260 g/mol. The maximum atomic E-state index is 8.94. The molecule has 0 atom stereocenters. The third kappa shape index (κ3) is 3.78. The fraction of sp³-hybridized carbons (Fsp3) is 0.533. The molecule has 0 aromatic heterocycles. The summed E-state index contributed by atoms with van der Waals surface area (Å²) in [6.07, 6.45) is 1.86. The predicted octanol–water partition coefficient (Wildman–Crippen LogP) is 3.20. The SMILES string of the molecule is CC(C)(C#N)CCCNc1ccc2c(c1)OCCO2. The molecular weight excluding hydrogens is 240 g/mol. The number of hydrogen-bond acceptors (Lipinski definition) is 4. The van der Waals surface area contributed by atoms with Crippen molar-refractivity contribution >= 4 is 5.69 Å². The molecule has 0 aliphatic carbocycles. The molecule has 2 rings (SSSR count). The Morgan fingerprint density at radius 1 is 1.26 bits per heavy atom. The van der Waals surface area contributed by atoms with E-state index in [-0.39, 0.29) is 5.41 Å². The number of rotatable bonds is 5. The van der Waals surface area contributed by atoms with E-state index in [9.17, 15) is 0 Å². The molecule has 4 nitrogen and oxygen atoms in total. The van der Waals surface area contributed by atoms with Crippen molar-refractivity contribution in [3.05, 3.63) is 18.2 Å². The summed E-state index contributed by atoms with van der Waals surface area (Å²) in [5.41, 5.74) is 0.785. The lowest BCUT2D eigenvalue weighted by molar-refractivity contribution is 0.171. The Morgan fingerprint density at radius 2 is 2.00 bits per heavy atom. The third-order valence-electron chi connectivity index (χ3n) is 3.15. The number of nitriles is 1. The Labute approximate surface area is 114 Å². The quantitative estimate of drug-likeness (QED) is 0.826. The molecule has 0 amide bonds. The van der Waals surface area contributed by atoms with Gasteiger partial charge in [0.15, 0.2) is 11.5 Å². The van der Waals surface area contributed by atoms with E-state index in [1.54, 1.807) is 0 Å². The van der Waals surface area contributed by atoms with Crippen LogP contribution in [0.15, 0.2) is 18.2 Å². The highest BCUT2D eigenvalue weighted by atomic mass is 16.6. The molecule has 1 N–H and O–H groups in total. The number of nitrogens with one attached hydrogen (secondary N) is 1. The summed E-state index contributed by atoms with van der Waals surface area (Å²) in [4.78, 5) is 0. The zero-order valence-corrected chi connectivity index (χ0v) is 11.5. The summed E-state index contributed by atoms with van der Waals surface area (Å²) in [5, 5.41) is 12.3. The number of anilines is 1. The second kappa shape index (κ2) is 5.83. The van der Waals surface area contributed by atoms with Gasteiger partial charge in [0, 0.05) is 18.3 Å². The van der Waals surface area contributed by atoms with Gasteiger partial charge in [0.1, 0.15) is 13.2 Å². The molecule has 0 saturated heterocycles. The molecule has 0 fully saturated rings. The van der Waals surface area contributed by atoms with Gasteiger partial charge < -0.3 is 14.8 Å². The van der Waals surface area contributed by atoms with Gasteiger partial charge in [0.25, 0.3) is 0 Å². The van der Waals surface area contributed by atoms with Crippen molar-refractivity contribution in [1.29, 1.82) is 5.26 Å². The molecule has 0 saturated carbocycles. The minimum absolute atomic E-state index is 0.242. The van der Waals surface area contributed by atoms with Crippen LogP contribution in [0.5, 0.6) is 11.5 Å². The highest BCUT2D eigenvalue weighted by Gasteiger charge is 2.15. The number of nitrogens with zero attached hydrogens (tertiary/aromatic N) is 1. The first-order valence-electron chi connectivity index (χ1n) is 6.65. The molecule has 1 heterocycles. The molecule has 1 aromatic rings. The first-order chi connectivity index (χ1) is 9.11. The first-order valence-corrected chi connectivity index (χ1v) is 6.65. The maximum absolute atomic E-state index is 8.94. The number of ether oxygens (including phenoxy) is 2. The molecule has 1 aliphatic rings. The lowest BCUT2D eigenvalue weighted by Crippen LogP contribution is -2.15. The van der Waals surface area contributed by atoms with E-state index in [1.807, 2.05) is 32.0 Å². The van der Waals surface area contributed by atoms with Crippen molar-refractivity contribution in [2.45, 2.75) is 26.7 Å². The third-order valence-corrected chi connectivity index (χ3v) is 3.15. The predicted molar refractivity (Wildman–Crippen MR) is 74.5 cm³/mol. The molecule has 1 aliphatic heterocycles. The van der Waals surface area contributed by atoms with Gasteiger partial charge in [-0.15, -0.1) is 0 Å². The number of benzene rings is 1. The van der Waals surface area contributed by atoms with E-state index in [1.165, 1.54) is 0 Å². The average molecular weight is 260 g/mol. The van der Waals surface area contributed by atoms with Crippen LogP contribution < -0.4 is 14.8 Å². The minimum Gasteiger partial charge on any atom is -0.486 e. The first kappa shape index (κ1) is 13.5. The molecule has 0 spiro atoms. The summed E-state index contributed by atoms with van der Waals surface area (Å²) in [5.74, 6) is 1.61. The summed E-state index contributed by atoms with van der Waals surface area (Å²) in [6.45, 7) is 6.01. The fourth-order valence-corrected chi connectivity index (χ4v) is 1.97. The number of hydrogen-bond donors (Lipinski definition) is 1. The van der Waals surface area contributed by atoms with E-state index in [0.717, 1.165) is 36.6 Å². The normalized spacial score (nSPS) is 13.7. The molecule has 0 radical (unpaired) electrons. The maximum Gasteiger partial charge on any atom is 0.163 e. The van der Waals surface area contributed by atoms with Crippen LogP contribution in [-0.4, -0.2) is 19.8 Å². The largest absolute Gasteiger partial charge is 0.486 e. The highest BCUT2D eigenvalue weighted by molar-refractivity contribution is 5.55. The summed E-state index contributed by atoms with van der Waals surface area (Å²) in [6, 6.07) is 8.19. The summed E-state index contributed by atoms with van der Waals surface area (Å²) >= 11 is 0. The van der Waals surface area contributed by atoms with Crippen molar-refractivity contribution in [3.8, 4) is 17.6 Å². The van der Waals surface area contributed by atoms with Crippen LogP contribution in [0.1, 0.15) is 26.7 Å². The Bertz CT molecular complexity index is 478. The molecule has 102 valence electrons. The van der Waals surface area contributed by atoms with Gasteiger partial charge in [-0.2, -0.15) is 5.26 Å². The van der Waals surface area contributed by atoms with Gasteiger partial charge in [-0.25, -0.2) is 0 Å². The van der Waals surface area contributed by atoms with E-state index >= 15 is 0 Å². The zero-order valence-electron chi connectivity index (χ0n) is 11.5. The lowest BCUT2D eigenvalue weighted by Gasteiger charge is -2.19. The average Bonchev–Trinajstić information content (AvgIpc) is 2.43. The van der Waals surface area contributed by atoms with Crippen LogP contribution >= 0.6 is 0 Å². The fourth-order valence-electron chi connectivity index (χ4n) is 1.97. The van der Waals surface area contributed by atoms with E-state index in [4.69, 9.17) is 14.7 Å². The Kier molecular flexibility index (Phi) is 4.16. The Balaban J connectivity index is 1.82. The van der Waals surface area contributed by atoms with Crippen LogP contribution in [0.2, 0.25) is 0 Å². The van der Waals surface area contributed by atoms with Crippen molar-refractivity contribution < 1.29 is 9.47 Å². The standard InChI is InChI=1S/C15H20N2O2/c1-15(2,11-16)6-3-7-17-12-4-5-13-14(10-12)19-9-8-18-13/h4-5,10,17H,3,6-9H2,1-2H3.